The number of benzene rings is 1. The van der Waals surface area contributed by atoms with E-state index in [1.807, 2.05) is 13.0 Å². The number of hydrogen-bond donors (Lipinski definition) is 0. The van der Waals surface area contributed by atoms with Gasteiger partial charge in [-0.1, -0.05) is 17.7 Å². The number of imidazole rings is 1. The Morgan fingerprint density at radius 1 is 1.26 bits per heavy atom. The zero-order valence-corrected chi connectivity index (χ0v) is 12.3. The van der Waals surface area contributed by atoms with Gasteiger partial charge < -0.3 is 4.57 Å². The van der Waals surface area contributed by atoms with Gasteiger partial charge in [-0.15, -0.1) is 0 Å². The van der Waals surface area contributed by atoms with E-state index in [2.05, 4.69) is 4.98 Å². The van der Waals surface area contributed by atoms with Crippen LogP contribution in [0.15, 0.2) is 35.5 Å². The Kier molecular flexibility index (Phi) is 3.36. The average Bonchev–Trinajstić information content (AvgIpc) is 2.73. The van der Waals surface area contributed by atoms with Crippen LogP contribution in [0.4, 0.5) is 5.95 Å². The molecule has 0 amide bonds. The summed E-state index contributed by atoms with van der Waals surface area (Å²) < 4.78 is 28.0. The summed E-state index contributed by atoms with van der Waals surface area (Å²) in [6, 6.07) is 5.30. The van der Waals surface area contributed by atoms with Gasteiger partial charge in [0.25, 0.3) is 10.0 Å². The molecule has 0 unspecified atom stereocenters. The maximum Gasteiger partial charge on any atom is 0.266 e. The number of nitrogens with zero attached hydrogens (tertiary/aromatic N) is 3. The van der Waals surface area contributed by atoms with Crippen molar-refractivity contribution in [2.45, 2.75) is 18.7 Å². The number of rotatable bonds is 3. The molecule has 6 heteroatoms. The smallest absolute Gasteiger partial charge is 0.266 e. The Labute approximate surface area is 113 Å². The molecule has 0 radical (unpaired) electrons. The lowest BCUT2D eigenvalue weighted by Gasteiger charge is -2.19. The molecule has 0 aliphatic heterocycles. The fourth-order valence-corrected chi connectivity index (χ4v) is 3.40. The molecule has 0 aliphatic rings. The van der Waals surface area contributed by atoms with Gasteiger partial charge in [-0.2, -0.15) is 0 Å². The predicted molar refractivity (Wildman–Crippen MR) is 74.7 cm³/mol. The molecule has 0 saturated carbocycles. The van der Waals surface area contributed by atoms with Crippen molar-refractivity contribution in [2.24, 2.45) is 7.05 Å². The second kappa shape index (κ2) is 4.70. The maximum atomic E-state index is 12.6. The van der Waals surface area contributed by atoms with Crippen LogP contribution in [0.3, 0.4) is 0 Å². The number of sulfonamides is 1. The Bertz CT molecular complexity index is 704. The van der Waals surface area contributed by atoms with Gasteiger partial charge in [-0.05, 0) is 25.5 Å². The third-order valence-electron chi connectivity index (χ3n) is 3.05. The van der Waals surface area contributed by atoms with Crippen LogP contribution in [0.5, 0.6) is 0 Å². The highest BCUT2D eigenvalue weighted by Gasteiger charge is 2.25. The number of aryl methyl sites for hydroxylation is 3. The monoisotopic (exact) mass is 279 g/mol. The molecular formula is C13H17N3O2S. The lowest BCUT2D eigenvalue weighted by atomic mass is 10.2. The largest absolute Gasteiger partial charge is 0.320 e. The first-order valence-corrected chi connectivity index (χ1v) is 7.31. The van der Waals surface area contributed by atoms with Gasteiger partial charge in [0.05, 0.1) is 4.90 Å². The Morgan fingerprint density at radius 3 is 2.47 bits per heavy atom. The lowest BCUT2D eigenvalue weighted by Crippen LogP contribution is -2.29. The van der Waals surface area contributed by atoms with E-state index in [0.717, 1.165) is 11.1 Å². The van der Waals surface area contributed by atoms with Crippen LogP contribution in [0.2, 0.25) is 0 Å². The van der Waals surface area contributed by atoms with Gasteiger partial charge in [0.15, 0.2) is 0 Å². The van der Waals surface area contributed by atoms with Crippen LogP contribution >= 0.6 is 0 Å². The molecule has 1 aromatic heterocycles. The molecule has 0 fully saturated rings. The molecular weight excluding hydrogens is 262 g/mol. The molecule has 0 saturated heterocycles. The van der Waals surface area contributed by atoms with Crippen molar-refractivity contribution >= 4 is 16.0 Å². The van der Waals surface area contributed by atoms with Gasteiger partial charge in [0.1, 0.15) is 0 Å². The van der Waals surface area contributed by atoms with E-state index in [9.17, 15) is 8.42 Å². The Hall–Kier alpha value is -1.82. The standard InChI is InChI=1S/C13H17N3O2S/c1-10-5-6-12(11(2)9-10)19(17,18)16(4)13-14-7-8-15(13)3/h5-9H,1-4H3. The molecule has 2 aromatic rings. The topological polar surface area (TPSA) is 55.2 Å². The van der Waals surface area contributed by atoms with Crippen LogP contribution in [0.1, 0.15) is 11.1 Å². The highest BCUT2D eigenvalue weighted by atomic mass is 32.2. The van der Waals surface area contributed by atoms with Crippen molar-refractivity contribution in [3.63, 3.8) is 0 Å². The van der Waals surface area contributed by atoms with E-state index < -0.39 is 10.0 Å². The third-order valence-corrected chi connectivity index (χ3v) is 4.94. The highest BCUT2D eigenvalue weighted by molar-refractivity contribution is 7.92. The van der Waals surface area contributed by atoms with Gasteiger partial charge in [-0.3, -0.25) is 0 Å². The quantitative estimate of drug-likeness (QED) is 0.861. The summed E-state index contributed by atoms with van der Waals surface area (Å²) in [6.07, 6.45) is 3.28. The fourth-order valence-electron chi connectivity index (χ4n) is 2.00. The minimum absolute atomic E-state index is 0.309. The maximum absolute atomic E-state index is 12.6. The van der Waals surface area contributed by atoms with Crippen LogP contribution in [0, 0.1) is 13.8 Å². The van der Waals surface area contributed by atoms with E-state index in [0.29, 0.717) is 10.8 Å². The van der Waals surface area contributed by atoms with Crippen molar-refractivity contribution in [1.82, 2.24) is 9.55 Å². The molecule has 0 aliphatic carbocycles. The van der Waals surface area contributed by atoms with Crippen molar-refractivity contribution in [1.29, 1.82) is 0 Å². The molecule has 1 aromatic carbocycles. The van der Waals surface area contributed by atoms with E-state index >= 15 is 0 Å². The fraction of sp³-hybridized carbons (Fsp3) is 0.308. The summed E-state index contributed by atoms with van der Waals surface area (Å²) in [4.78, 5) is 4.37. The zero-order chi connectivity index (χ0) is 14.2. The van der Waals surface area contributed by atoms with Crippen LogP contribution < -0.4 is 4.31 Å². The summed E-state index contributed by atoms with van der Waals surface area (Å²) >= 11 is 0. The van der Waals surface area contributed by atoms with Gasteiger partial charge in [0.2, 0.25) is 5.95 Å². The second-order valence-electron chi connectivity index (χ2n) is 4.58. The number of anilines is 1. The summed E-state index contributed by atoms with van der Waals surface area (Å²) in [6.45, 7) is 3.73. The second-order valence-corrected chi connectivity index (χ2v) is 6.52. The highest BCUT2D eigenvalue weighted by Crippen LogP contribution is 2.23. The van der Waals surface area contributed by atoms with Crippen molar-refractivity contribution in [3.8, 4) is 0 Å². The summed E-state index contributed by atoms with van der Waals surface area (Å²) in [5, 5.41) is 0. The molecule has 2 rings (SSSR count). The van der Waals surface area contributed by atoms with E-state index in [1.54, 1.807) is 43.1 Å². The Balaban J connectivity index is 2.51. The lowest BCUT2D eigenvalue weighted by molar-refractivity contribution is 0.592. The minimum atomic E-state index is -3.58. The van der Waals surface area contributed by atoms with Gasteiger partial charge in [-0.25, -0.2) is 17.7 Å². The molecule has 1 heterocycles. The first-order chi connectivity index (χ1) is 8.84. The summed E-state index contributed by atoms with van der Waals surface area (Å²) in [7, 11) is -0.311. The predicted octanol–water partition coefficient (Wildman–Crippen LogP) is 1.86. The average molecular weight is 279 g/mol. The van der Waals surface area contributed by atoms with Crippen molar-refractivity contribution in [2.75, 3.05) is 11.4 Å². The third kappa shape index (κ3) is 2.35. The van der Waals surface area contributed by atoms with Crippen LogP contribution in [0.25, 0.3) is 0 Å². The Morgan fingerprint density at radius 2 is 1.95 bits per heavy atom. The molecule has 5 nitrogen and oxygen atoms in total. The zero-order valence-electron chi connectivity index (χ0n) is 11.5. The molecule has 0 atom stereocenters. The van der Waals surface area contributed by atoms with Gasteiger partial charge >= 0.3 is 0 Å². The van der Waals surface area contributed by atoms with Crippen LogP contribution in [-0.2, 0) is 17.1 Å². The first-order valence-electron chi connectivity index (χ1n) is 5.87. The number of aromatic nitrogens is 2. The van der Waals surface area contributed by atoms with E-state index in [4.69, 9.17) is 0 Å². The SMILES string of the molecule is Cc1ccc(S(=O)(=O)N(C)c2nccn2C)c(C)c1. The van der Waals surface area contributed by atoms with Crippen molar-refractivity contribution in [3.05, 3.63) is 41.7 Å². The van der Waals surface area contributed by atoms with Gasteiger partial charge in [0, 0.05) is 26.5 Å². The van der Waals surface area contributed by atoms with Crippen molar-refractivity contribution < 1.29 is 8.42 Å². The molecule has 0 N–H and O–H groups in total. The normalized spacial score (nSPS) is 11.6. The van der Waals surface area contributed by atoms with E-state index in [1.165, 1.54) is 11.4 Å². The molecule has 0 bridgehead atoms. The molecule has 102 valence electrons. The number of hydrogen-bond acceptors (Lipinski definition) is 3. The summed E-state index contributed by atoms with van der Waals surface area (Å²) in [5.74, 6) is 0.389. The molecule has 19 heavy (non-hydrogen) atoms. The molecule has 0 spiro atoms. The van der Waals surface area contributed by atoms with E-state index in [-0.39, 0.29) is 0 Å². The summed E-state index contributed by atoms with van der Waals surface area (Å²) in [5.41, 5.74) is 1.78. The minimum Gasteiger partial charge on any atom is -0.320 e. The van der Waals surface area contributed by atoms with Crippen LogP contribution in [-0.4, -0.2) is 25.0 Å². The first kappa shape index (κ1) is 13.6.